The van der Waals surface area contributed by atoms with Gasteiger partial charge in [-0.3, -0.25) is 4.68 Å². The van der Waals surface area contributed by atoms with Gasteiger partial charge in [0, 0.05) is 19.3 Å². The van der Waals surface area contributed by atoms with Crippen molar-refractivity contribution in [1.29, 1.82) is 0 Å². The van der Waals surface area contributed by atoms with Crippen molar-refractivity contribution in [3.8, 4) is 11.5 Å². The lowest BCUT2D eigenvalue weighted by atomic mass is 10.1. The van der Waals surface area contributed by atoms with Crippen molar-refractivity contribution < 1.29 is 9.13 Å². The van der Waals surface area contributed by atoms with Gasteiger partial charge in [0.15, 0.2) is 0 Å². The number of rotatable bonds is 6. The number of benzene rings is 2. The number of anilines is 1. The van der Waals surface area contributed by atoms with Crippen LogP contribution < -0.4 is 10.1 Å². The summed E-state index contributed by atoms with van der Waals surface area (Å²) < 4.78 is 20.5. The van der Waals surface area contributed by atoms with Gasteiger partial charge in [0.25, 0.3) is 0 Å². The molecule has 2 aromatic carbocycles. The summed E-state index contributed by atoms with van der Waals surface area (Å²) in [5.74, 6) is 1.06. The molecule has 1 aromatic heterocycles. The summed E-state index contributed by atoms with van der Waals surface area (Å²) in [7, 11) is 1.93. The molecule has 0 bridgehead atoms. The average molecular weight is 339 g/mol. The number of aryl methyl sites for hydroxylation is 2. The third kappa shape index (κ3) is 4.18. The average Bonchev–Trinajstić information content (AvgIpc) is 2.97. The third-order valence-corrected chi connectivity index (χ3v) is 4.04. The molecular formula is C20H22FN3O. The Hall–Kier alpha value is -2.82. The second-order valence-corrected chi connectivity index (χ2v) is 6.01. The zero-order valence-electron chi connectivity index (χ0n) is 14.7. The molecular weight excluding hydrogens is 317 g/mol. The van der Waals surface area contributed by atoms with E-state index in [0.717, 1.165) is 29.1 Å². The molecule has 1 unspecified atom stereocenters. The zero-order chi connectivity index (χ0) is 17.8. The van der Waals surface area contributed by atoms with Gasteiger partial charge in [-0.05, 0) is 55.3 Å². The molecule has 5 heteroatoms. The number of ether oxygens (including phenoxy) is 1. The van der Waals surface area contributed by atoms with E-state index >= 15 is 0 Å². The van der Waals surface area contributed by atoms with Crippen LogP contribution in [0.1, 0.15) is 31.1 Å². The van der Waals surface area contributed by atoms with Crippen molar-refractivity contribution >= 4 is 5.69 Å². The SMILES string of the molecule is CCc1nn(C)cc1NC(C)c1ccc(Oc2ccc(F)cc2)cc1. The first-order valence-electron chi connectivity index (χ1n) is 8.37. The van der Waals surface area contributed by atoms with Crippen molar-refractivity contribution in [2.75, 3.05) is 5.32 Å². The van der Waals surface area contributed by atoms with E-state index in [4.69, 9.17) is 4.74 Å². The summed E-state index contributed by atoms with van der Waals surface area (Å²) in [6.07, 6.45) is 2.89. The molecule has 1 atom stereocenters. The quantitative estimate of drug-likeness (QED) is 0.680. The Morgan fingerprint density at radius 2 is 1.68 bits per heavy atom. The largest absolute Gasteiger partial charge is 0.457 e. The molecule has 0 saturated carbocycles. The lowest BCUT2D eigenvalue weighted by Crippen LogP contribution is -2.07. The Labute approximate surface area is 147 Å². The lowest BCUT2D eigenvalue weighted by Gasteiger charge is -2.16. The van der Waals surface area contributed by atoms with E-state index in [-0.39, 0.29) is 11.9 Å². The Morgan fingerprint density at radius 1 is 1.08 bits per heavy atom. The number of nitrogens with zero attached hydrogens (tertiary/aromatic N) is 2. The molecule has 0 spiro atoms. The molecule has 0 aliphatic heterocycles. The van der Waals surface area contributed by atoms with Crippen LogP contribution in [0.4, 0.5) is 10.1 Å². The normalized spacial score (nSPS) is 12.0. The molecule has 0 radical (unpaired) electrons. The van der Waals surface area contributed by atoms with Gasteiger partial charge in [-0.15, -0.1) is 0 Å². The van der Waals surface area contributed by atoms with Gasteiger partial charge in [-0.1, -0.05) is 19.1 Å². The van der Waals surface area contributed by atoms with Crippen molar-refractivity contribution in [2.24, 2.45) is 7.05 Å². The highest BCUT2D eigenvalue weighted by Crippen LogP contribution is 2.26. The zero-order valence-corrected chi connectivity index (χ0v) is 14.7. The molecule has 130 valence electrons. The van der Waals surface area contributed by atoms with Gasteiger partial charge in [-0.2, -0.15) is 5.10 Å². The van der Waals surface area contributed by atoms with Gasteiger partial charge in [0.2, 0.25) is 0 Å². The maximum absolute atomic E-state index is 12.9. The van der Waals surface area contributed by atoms with Crippen molar-refractivity contribution in [1.82, 2.24) is 9.78 Å². The minimum Gasteiger partial charge on any atom is -0.457 e. The van der Waals surface area contributed by atoms with Crippen LogP contribution in [0, 0.1) is 5.82 Å². The highest BCUT2D eigenvalue weighted by atomic mass is 19.1. The second-order valence-electron chi connectivity index (χ2n) is 6.01. The Bertz CT molecular complexity index is 825. The summed E-state index contributed by atoms with van der Waals surface area (Å²) in [5, 5.41) is 7.96. The molecule has 4 nitrogen and oxygen atoms in total. The highest BCUT2D eigenvalue weighted by molar-refractivity contribution is 5.48. The molecule has 0 aliphatic carbocycles. The highest BCUT2D eigenvalue weighted by Gasteiger charge is 2.11. The van der Waals surface area contributed by atoms with Crippen molar-refractivity contribution in [2.45, 2.75) is 26.3 Å². The van der Waals surface area contributed by atoms with E-state index < -0.39 is 0 Å². The maximum Gasteiger partial charge on any atom is 0.127 e. The van der Waals surface area contributed by atoms with E-state index in [2.05, 4.69) is 24.3 Å². The topological polar surface area (TPSA) is 39.1 Å². The Morgan fingerprint density at radius 3 is 2.28 bits per heavy atom. The van der Waals surface area contributed by atoms with Gasteiger partial charge in [0.05, 0.1) is 11.4 Å². The van der Waals surface area contributed by atoms with Crippen LogP contribution in [-0.2, 0) is 13.5 Å². The standard InChI is InChI=1S/C20H22FN3O/c1-4-19-20(13-24(3)23-19)22-14(2)15-5-9-17(10-6-15)25-18-11-7-16(21)8-12-18/h5-14,22H,4H2,1-3H3. The van der Waals surface area contributed by atoms with Crippen molar-refractivity contribution in [3.05, 3.63) is 71.8 Å². The van der Waals surface area contributed by atoms with Crippen LogP contribution in [0.25, 0.3) is 0 Å². The number of aromatic nitrogens is 2. The van der Waals surface area contributed by atoms with Gasteiger partial charge in [0.1, 0.15) is 17.3 Å². The molecule has 0 saturated heterocycles. The molecule has 1 heterocycles. The monoisotopic (exact) mass is 339 g/mol. The van der Waals surface area contributed by atoms with Crippen LogP contribution in [0.2, 0.25) is 0 Å². The summed E-state index contributed by atoms with van der Waals surface area (Å²) in [4.78, 5) is 0. The summed E-state index contributed by atoms with van der Waals surface area (Å²) in [6, 6.07) is 14.0. The Kier molecular flexibility index (Phi) is 5.03. The van der Waals surface area contributed by atoms with Gasteiger partial charge >= 0.3 is 0 Å². The molecule has 0 fully saturated rings. The number of nitrogens with one attached hydrogen (secondary N) is 1. The van der Waals surface area contributed by atoms with Crippen LogP contribution in [0.15, 0.2) is 54.7 Å². The lowest BCUT2D eigenvalue weighted by molar-refractivity contribution is 0.480. The van der Waals surface area contributed by atoms with E-state index in [1.165, 1.54) is 12.1 Å². The minimum atomic E-state index is -0.274. The van der Waals surface area contributed by atoms with Gasteiger partial charge in [-0.25, -0.2) is 4.39 Å². The number of hydrogen-bond donors (Lipinski definition) is 1. The van der Waals surface area contributed by atoms with E-state index in [1.807, 2.05) is 42.2 Å². The van der Waals surface area contributed by atoms with Crippen LogP contribution in [0.3, 0.4) is 0 Å². The molecule has 0 amide bonds. The molecule has 3 aromatic rings. The van der Waals surface area contributed by atoms with E-state index in [9.17, 15) is 4.39 Å². The van der Waals surface area contributed by atoms with E-state index in [0.29, 0.717) is 5.75 Å². The predicted molar refractivity (Wildman–Crippen MR) is 97.5 cm³/mol. The smallest absolute Gasteiger partial charge is 0.127 e. The molecule has 3 rings (SSSR count). The predicted octanol–water partition coefficient (Wildman–Crippen LogP) is 5.09. The molecule has 25 heavy (non-hydrogen) atoms. The summed E-state index contributed by atoms with van der Waals surface area (Å²) >= 11 is 0. The molecule has 1 N–H and O–H groups in total. The van der Waals surface area contributed by atoms with Gasteiger partial charge < -0.3 is 10.1 Å². The first-order valence-corrected chi connectivity index (χ1v) is 8.37. The third-order valence-electron chi connectivity index (χ3n) is 4.04. The van der Waals surface area contributed by atoms with E-state index in [1.54, 1.807) is 12.1 Å². The fourth-order valence-corrected chi connectivity index (χ4v) is 2.70. The van der Waals surface area contributed by atoms with Crippen LogP contribution >= 0.6 is 0 Å². The number of hydrogen-bond acceptors (Lipinski definition) is 3. The summed E-state index contributed by atoms with van der Waals surface area (Å²) in [5.41, 5.74) is 3.27. The fourth-order valence-electron chi connectivity index (χ4n) is 2.70. The minimum absolute atomic E-state index is 0.148. The van der Waals surface area contributed by atoms with Crippen LogP contribution in [0.5, 0.6) is 11.5 Å². The summed E-state index contributed by atoms with van der Waals surface area (Å²) in [6.45, 7) is 4.21. The first-order chi connectivity index (χ1) is 12.0. The van der Waals surface area contributed by atoms with Crippen molar-refractivity contribution in [3.63, 3.8) is 0 Å². The first kappa shape index (κ1) is 17.0. The molecule has 0 aliphatic rings. The van der Waals surface area contributed by atoms with Crippen LogP contribution in [-0.4, -0.2) is 9.78 Å². The maximum atomic E-state index is 12.9. The number of halogens is 1. The second kappa shape index (κ2) is 7.38. The fraction of sp³-hybridized carbons (Fsp3) is 0.250. The Balaban J connectivity index is 1.67.